The minimum Gasteiger partial charge on any atom is -0.332 e. The second-order valence-electron chi connectivity index (χ2n) is 3.58. The first-order chi connectivity index (χ1) is 8.78. The highest BCUT2D eigenvalue weighted by atomic mass is 35.5. The van der Waals surface area contributed by atoms with Gasteiger partial charge in [0.25, 0.3) is 5.89 Å². The van der Waals surface area contributed by atoms with Crippen LogP contribution in [0.25, 0.3) is 22.3 Å². The average molecular weight is 281 g/mol. The van der Waals surface area contributed by atoms with Gasteiger partial charge < -0.3 is 4.52 Å². The Bertz CT molecular complexity index is 658. The van der Waals surface area contributed by atoms with Crippen molar-refractivity contribution in [2.45, 2.75) is 13.5 Å². The highest BCUT2D eigenvalue weighted by molar-refractivity contribution is 7.13. The van der Waals surface area contributed by atoms with Crippen LogP contribution in [0.3, 0.4) is 0 Å². The molecule has 0 amide bonds. The van der Waals surface area contributed by atoms with Gasteiger partial charge in [0.2, 0.25) is 5.82 Å². The molecule has 3 aromatic heterocycles. The summed E-state index contributed by atoms with van der Waals surface area (Å²) in [5, 5.41) is 10.7. The molecule has 0 saturated carbocycles. The minimum atomic E-state index is 0.343. The first-order valence-corrected chi connectivity index (χ1v) is 6.64. The van der Waals surface area contributed by atoms with Crippen molar-refractivity contribution in [3.8, 4) is 22.3 Å². The highest BCUT2D eigenvalue weighted by Gasteiger charge is 2.17. The van der Waals surface area contributed by atoms with Crippen LogP contribution < -0.4 is 0 Å². The van der Waals surface area contributed by atoms with Gasteiger partial charge in [-0.3, -0.25) is 4.68 Å². The third-order valence-electron chi connectivity index (χ3n) is 2.41. The first kappa shape index (κ1) is 11.4. The van der Waals surface area contributed by atoms with E-state index in [2.05, 4.69) is 15.2 Å². The topological polar surface area (TPSA) is 56.7 Å². The van der Waals surface area contributed by atoms with Gasteiger partial charge in [0.05, 0.1) is 9.90 Å². The van der Waals surface area contributed by atoms with E-state index in [4.69, 9.17) is 16.1 Å². The van der Waals surface area contributed by atoms with Crippen molar-refractivity contribution < 1.29 is 4.52 Å². The fourth-order valence-corrected chi connectivity index (χ4v) is 2.41. The summed E-state index contributed by atoms with van der Waals surface area (Å²) in [4.78, 5) is 5.26. The zero-order valence-corrected chi connectivity index (χ0v) is 11.1. The van der Waals surface area contributed by atoms with Gasteiger partial charge in [0.1, 0.15) is 0 Å². The number of rotatable bonds is 3. The molecule has 0 unspecified atom stereocenters. The number of nitrogens with zero attached hydrogens (tertiary/aromatic N) is 4. The lowest BCUT2D eigenvalue weighted by molar-refractivity contribution is 0.430. The summed E-state index contributed by atoms with van der Waals surface area (Å²) in [6.45, 7) is 2.73. The van der Waals surface area contributed by atoms with Crippen molar-refractivity contribution in [3.05, 3.63) is 28.7 Å². The Morgan fingerprint density at radius 1 is 1.50 bits per heavy atom. The quantitative estimate of drug-likeness (QED) is 0.738. The molecule has 0 fully saturated rings. The van der Waals surface area contributed by atoms with E-state index in [9.17, 15) is 0 Å². The molecule has 0 aliphatic rings. The van der Waals surface area contributed by atoms with Gasteiger partial charge in [0, 0.05) is 12.7 Å². The summed E-state index contributed by atoms with van der Waals surface area (Å²) in [6, 6.07) is 3.88. The first-order valence-electron chi connectivity index (χ1n) is 5.39. The lowest BCUT2D eigenvalue weighted by Crippen LogP contribution is -1.93. The van der Waals surface area contributed by atoms with E-state index in [1.165, 1.54) is 0 Å². The van der Waals surface area contributed by atoms with Gasteiger partial charge in [0.15, 0.2) is 5.69 Å². The Morgan fingerprint density at radius 3 is 3.06 bits per heavy atom. The van der Waals surface area contributed by atoms with E-state index in [-0.39, 0.29) is 0 Å². The van der Waals surface area contributed by atoms with Crippen LogP contribution in [-0.2, 0) is 6.54 Å². The zero-order chi connectivity index (χ0) is 12.5. The fourth-order valence-electron chi connectivity index (χ4n) is 1.53. The monoisotopic (exact) mass is 280 g/mol. The van der Waals surface area contributed by atoms with Crippen LogP contribution >= 0.6 is 22.9 Å². The molecule has 0 aromatic carbocycles. The van der Waals surface area contributed by atoms with Crippen LogP contribution in [0.1, 0.15) is 6.92 Å². The number of aryl methyl sites for hydroxylation is 1. The lowest BCUT2D eigenvalue weighted by Gasteiger charge is -1.90. The van der Waals surface area contributed by atoms with E-state index in [0.717, 1.165) is 11.4 Å². The summed E-state index contributed by atoms with van der Waals surface area (Å²) in [5.74, 6) is 0.901. The molecule has 18 heavy (non-hydrogen) atoms. The number of hydrogen-bond acceptors (Lipinski definition) is 5. The smallest absolute Gasteiger partial charge is 0.280 e. The van der Waals surface area contributed by atoms with Gasteiger partial charge in [-0.15, -0.1) is 11.3 Å². The van der Waals surface area contributed by atoms with E-state index >= 15 is 0 Å². The summed E-state index contributed by atoms with van der Waals surface area (Å²) >= 11 is 7.64. The number of hydrogen-bond donors (Lipinski definition) is 0. The molecule has 0 atom stereocenters. The molecular formula is C11H9ClN4OS. The van der Waals surface area contributed by atoms with Crippen molar-refractivity contribution >= 4 is 22.9 Å². The zero-order valence-electron chi connectivity index (χ0n) is 9.50. The van der Waals surface area contributed by atoms with Gasteiger partial charge in [-0.25, -0.2) is 0 Å². The lowest BCUT2D eigenvalue weighted by atomic mass is 10.4. The molecule has 0 N–H and O–H groups in total. The fraction of sp³-hybridized carbons (Fsp3) is 0.182. The van der Waals surface area contributed by atoms with Gasteiger partial charge >= 0.3 is 0 Å². The number of aromatic nitrogens is 4. The van der Waals surface area contributed by atoms with E-state index in [0.29, 0.717) is 22.4 Å². The van der Waals surface area contributed by atoms with Crippen molar-refractivity contribution in [3.63, 3.8) is 0 Å². The second kappa shape index (κ2) is 4.55. The van der Waals surface area contributed by atoms with Crippen LogP contribution in [0.5, 0.6) is 0 Å². The van der Waals surface area contributed by atoms with Gasteiger partial charge in [-0.05, 0) is 18.4 Å². The Morgan fingerprint density at radius 2 is 2.39 bits per heavy atom. The van der Waals surface area contributed by atoms with Crippen LogP contribution in [0.15, 0.2) is 28.2 Å². The largest absolute Gasteiger partial charge is 0.332 e. The normalized spacial score (nSPS) is 11.0. The molecule has 0 aliphatic heterocycles. The predicted molar refractivity (Wildman–Crippen MR) is 69.5 cm³/mol. The van der Waals surface area contributed by atoms with Crippen LogP contribution in [0, 0.1) is 0 Å². The Labute approximate surface area is 112 Å². The number of halogens is 1. The Balaban J connectivity index is 2.00. The van der Waals surface area contributed by atoms with Crippen LogP contribution in [0.4, 0.5) is 0 Å². The third-order valence-corrected chi connectivity index (χ3v) is 3.55. The van der Waals surface area contributed by atoms with Crippen LogP contribution in [0.2, 0.25) is 5.02 Å². The predicted octanol–water partition coefficient (Wildman–Crippen LogP) is 3.33. The highest BCUT2D eigenvalue weighted by Crippen LogP contribution is 2.28. The third kappa shape index (κ3) is 1.93. The van der Waals surface area contributed by atoms with Crippen molar-refractivity contribution in [1.82, 2.24) is 19.9 Å². The van der Waals surface area contributed by atoms with Crippen LogP contribution in [-0.4, -0.2) is 19.9 Å². The number of thiophene rings is 1. The summed E-state index contributed by atoms with van der Waals surface area (Å²) in [6.07, 6.45) is 1.74. The maximum atomic E-state index is 6.08. The van der Waals surface area contributed by atoms with Crippen molar-refractivity contribution in [2.75, 3.05) is 0 Å². The molecule has 3 heterocycles. The van der Waals surface area contributed by atoms with Crippen molar-refractivity contribution in [2.24, 2.45) is 0 Å². The molecule has 3 aromatic rings. The average Bonchev–Trinajstić information content (AvgIpc) is 3.08. The summed E-state index contributed by atoms with van der Waals surface area (Å²) in [7, 11) is 0. The van der Waals surface area contributed by atoms with E-state index in [1.807, 2.05) is 24.4 Å². The second-order valence-corrected chi connectivity index (χ2v) is 4.94. The molecule has 7 heteroatoms. The Hall–Kier alpha value is -1.66. The van der Waals surface area contributed by atoms with Crippen molar-refractivity contribution in [1.29, 1.82) is 0 Å². The minimum absolute atomic E-state index is 0.343. The SMILES string of the molecule is CCn1cc(Cl)c(-c2nc(-c3cccs3)no2)n1. The van der Waals surface area contributed by atoms with E-state index < -0.39 is 0 Å². The summed E-state index contributed by atoms with van der Waals surface area (Å²) < 4.78 is 6.93. The Kier molecular flexibility index (Phi) is 2.89. The molecule has 0 spiro atoms. The maximum Gasteiger partial charge on any atom is 0.280 e. The van der Waals surface area contributed by atoms with E-state index in [1.54, 1.807) is 22.2 Å². The molecule has 3 rings (SSSR count). The molecular weight excluding hydrogens is 272 g/mol. The molecule has 0 aliphatic carbocycles. The summed E-state index contributed by atoms with van der Waals surface area (Å²) in [5.41, 5.74) is 0.522. The van der Waals surface area contributed by atoms with Gasteiger partial charge in [-0.1, -0.05) is 22.8 Å². The standard InChI is InChI=1S/C11H9ClN4OS/c1-2-16-6-7(12)9(14-16)11-13-10(15-17-11)8-4-3-5-18-8/h3-6H,2H2,1H3. The molecule has 0 saturated heterocycles. The maximum absolute atomic E-state index is 6.08. The molecule has 92 valence electrons. The van der Waals surface area contributed by atoms with Gasteiger partial charge in [-0.2, -0.15) is 10.1 Å². The molecule has 0 radical (unpaired) electrons. The molecule has 0 bridgehead atoms. The molecule has 5 nitrogen and oxygen atoms in total.